The van der Waals surface area contributed by atoms with Gasteiger partial charge in [-0.2, -0.15) is 4.31 Å². The highest BCUT2D eigenvalue weighted by Gasteiger charge is 2.27. The van der Waals surface area contributed by atoms with Crippen molar-refractivity contribution in [2.45, 2.75) is 44.7 Å². The molecule has 9 nitrogen and oxygen atoms in total. The Kier molecular flexibility index (Phi) is 6.89. The van der Waals surface area contributed by atoms with Crippen LogP contribution in [0.25, 0.3) is 11.0 Å². The molecule has 0 radical (unpaired) electrons. The van der Waals surface area contributed by atoms with Gasteiger partial charge in [-0.1, -0.05) is 6.92 Å². The van der Waals surface area contributed by atoms with Crippen LogP contribution >= 0.6 is 11.3 Å². The minimum Gasteiger partial charge on any atom is -0.457 e. The van der Waals surface area contributed by atoms with Crippen LogP contribution in [0.4, 0.5) is 0 Å². The largest absolute Gasteiger partial charge is 0.457 e. The van der Waals surface area contributed by atoms with Crippen LogP contribution in [0.5, 0.6) is 0 Å². The molecule has 0 saturated carbocycles. The predicted molar refractivity (Wildman–Crippen MR) is 120 cm³/mol. The quantitative estimate of drug-likeness (QED) is 0.458. The fourth-order valence-corrected chi connectivity index (χ4v) is 5.71. The number of benzene rings is 1. The second-order valence-electron chi connectivity index (χ2n) is 7.54. The van der Waals surface area contributed by atoms with Crippen LogP contribution in [-0.4, -0.2) is 59.5 Å². The summed E-state index contributed by atoms with van der Waals surface area (Å²) in [5.74, 6) is 0.214. The molecule has 1 aliphatic heterocycles. The standard InChI is InChI=1S/C21H26N4O5S2/c1-3-6-25-19-5-4-17(32(27,28)24-7-9-29-10-8-24)12-18(19)23-20(25)13-30-21(26)11-16-14-31-15(2)22-16/h4-5,12,14H,3,6-11,13H2,1-2H3. The Morgan fingerprint density at radius 3 is 2.72 bits per heavy atom. The van der Waals surface area contributed by atoms with Gasteiger partial charge in [0, 0.05) is 25.0 Å². The third-order valence-corrected chi connectivity index (χ3v) is 7.93. The second-order valence-corrected chi connectivity index (χ2v) is 10.5. The summed E-state index contributed by atoms with van der Waals surface area (Å²) in [6.07, 6.45) is 0.971. The highest BCUT2D eigenvalue weighted by molar-refractivity contribution is 7.89. The zero-order chi connectivity index (χ0) is 22.7. The number of carbonyl (C=O) groups is 1. The van der Waals surface area contributed by atoms with E-state index >= 15 is 0 Å². The number of rotatable bonds is 8. The molecule has 3 aromatic rings. The molecule has 0 bridgehead atoms. The summed E-state index contributed by atoms with van der Waals surface area (Å²) in [5, 5.41) is 2.75. The van der Waals surface area contributed by atoms with Gasteiger partial charge in [-0.15, -0.1) is 11.3 Å². The van der Waals surface area contributed by atoms with E-state index in [0.717, 1.165) is 16.9 Å². The number of hydrogen-bond acceptors (Lipinski definition) is 8. The summed E-state index contributed by atoms with van der Waals surface area (Å²) >= 11 is 1.49. The lowest BCUT2D eigenvalue weighted by Crippen LogP contribution is -2.40. The van der Waals surface area contributed by atoms with E-state index < -0.39 is 10.0 Å². The summed E-state index contributed by atoms with van der Waals surface area (Å²) in [6, 6.07) is 4.98. The molecule has 4 rings (SSSR count). The van der Waals surface area contributed by atoms with E-state index in [1.54, 1.807) is 18.2 Å². The van der Waals surface area contributed by atoms with E-state index in [4.69, 9.17) is 9.47 Å². The molecular formula is C21H26N4O5S2. The second kappa shape index (κ2) is 9.65. The van der Waals surface area contributed by atoms with E-state index in [1.807, 2.05) is 23.8 Å². The Labute approximate surface area is 191 Å². The smallest absolute Gasteiger partial charge is 0.312 e. The average Bonchev–Trinajstić information content (AvgIpc) is 3.35. The summed E-state index contributed by atoms with van der Waals surface area (Å²) in [4.78, 5) is 21.3. The van der Waals surface area contributed by atoms with Crippen LogP contribution < -0.4 is 0 Å². The summed E-state index contributed by atoms with van der Waals surface area (Å²) < 4.78 is 40.1. The van der Waals surface area contributed by atoms with Gasteiger partial charge in [-0.3, -0.25) is 4.79 Å². The number of nitrogens with zero attached hydrogens (tertiary/aromatic N) is 4. The van der Waals surface area contributed by atoms with Crippen molar-refractivity contribution in [3.05, 3.63) is 40.1 Å². The zero-order valence-corrected chi connectivity index (χ0v) is 19.7. The molecule has 1 aliphatic rings. The maximum absolute atomic E-state index is 13.0. The van der Waals surface area contributed by atoms with E-state index in [1.165, 1.54) is 15.6 Å². The fraction of sp³-hybridized carbons (Fsp3) is 0.476. The lowest BCUT2D eigenvalue weighted by molar-refractivity contribution is -0.144. The van der Waals surface area contributed by atoms with Gasteiger partial charge >= 0.3 is 5.97 Å². The van der Waals surface area contributed by atoms with Gasteiger partial charge in [0.15, 0.2) is 0 Å². The molecule has 0 aliphatic carbocycles. The van der Waals surface area contributed by atoms with Crippen molar-refractivity contribution in [2.75, 3.05) is 26.3 Å². The van der Waals surface area contributed by atoms with Crippen molar-refractivity contribution in [1.29, 1.82) is 0 Å². The van der Waals surface area contributed by atoms with Gasteiger partial charge in [0.25, 0.3) is 0 Å². The van der Waals surface area contributed by atoms with Crippen LogP contribution in [0.3, 0.4) is 0 Å². The molecule has 1 aromatic carbocycles. The Bertz CT molecular complexity index is 1210. The first-order chi connectivity index (χ1) is 15.4. The number of imidazole rings is 1. The molecule has 1 fully saturated rings. The van der Waals surface area contributed by atoms with Crippen molar-refractivity contribution >= 4 is 38.4 Å². The molecule has 0 spiro atoms. The SMILES string of the molecule is CCCn1c(COC(=O)Cc2csc(C)n2)nc2cc(S(=O)(=O)N3CCOCC3)ccc21. The minimum atomic E-state index is -3.61. The predicted octanol–water partition coefficient (Wildman–Crippen LogP) is 2.52. The fourth-order valence-electron chi connectivity index (χ4n) is 3.67. The molecule has 32 heavy (non-hydrogen) atoms. The van der Waals surface area contributed by atoms with Crippen molar-refractivity contribution in [1.82, 2.24) is 18.8 Å². The first-order valence-corrected chi connectivity index (χ1v) is 12.8. The summed E-state index contributed by atoms with van der Waals surface area (Å²) in [5.41, 5.74) is 2.07. The number of thiazole rings is 1. The molecule has 11 heteroatoms. The highest BCUT2D eigenvalue weighted by Crippen LogP contribution is 2.24. The average molecular weight is 479 g/mol. The molecule has 0 atom stereocenters. The van der Waals surface area contributed by atoms with Crippen molar-refractivity contribution < 1.29 is 22.7 Å². The number of aryl methyl sites for hydroxylation is 2. The maximum Gasteiger partial charge on any atom is 0.312 e. The number of carbonyl (C=O) groups excluding carboxylic acids is 1. The number of esters is 1. The van der Waals surface area contributed by atoms with E-state index in [0.29, 0.717) is 49.9 Å². The van der Waals surface area contributed by atoms with Crippen LogP contribution in [0.15, 0.2) is 28.5 Å². The molecule has 2 aromatic heterocycles. The summed E-state index contributed by atoms with van der Waals surface area (Å²) in [7, 11) is -3.61. The number of aromatic nitrogens is 3. The monoisotopic (exact) mass is 478 g/mol. The number of morpholine rings is 1. The van der Waals surface area contributed by atoms with E-state index in [-0.39, 0.29) is 23.9 Å². The number of ether oxygens (including phenoxy) is 2. The third-order valence-electron chi connectivity index (χ3n) is 5.21. The van der Waals surface area contributed by atoms with Gasteiger partial charge in [0.2, 0.25) is 10.0 Å². The van der Waals surface area contributed by atoms with Gasteiger partial charge < -0.3 is 14.0 Å². The Morgan fingerprint density at radius 1 is 1.25 bits per heavy atom. The number of fused-ring (bicyclic) bond motifs is 1. The molecule has 0 amide bonds. The Morgan fingerprint density at radius 2 is 2.03 bits per heavy atom. The van der Waals surface area contributed by atoms with Crippen molar-refractivity contribution in [3.63, 3.8) is 0 Å². The van der Waals surface area contributed by atoms with Gasteiger partial charge in [0.1, 0.15) is 12.4 Å². The first kappa shape index (κ1) is 22.8. The van der Waals surface area contributed by atoms with E-state index in [2.05, 4.69) is 9.97 Å². The van der Waals surface area contributed by atoms with Gasteiger partial charge in [-0.25, -0.2) is 18.4 Å². The Balaban J connectivity index is 1.55. The molecular weight excluding hydrogens is 452 g/mol. The van der Waals surface area contributed by atoms with Crippen LogP contribution in [0, 0.1) is 6.92 Å². The first-order valence-electron chi connectivity index (χ1n) is 10.5. The lowest BCUT2D eigenvalue weighted by atomic mass is 10.3. The normalized spacial score (nSPS) is 15.3. The topological polar surface area (TPSA) is 104 Å². The minimum absolute atomic E-state index is 0.0161. The Hall–Kier alpha value is -2.34. The van der Waals surface area contributed by atoms with E-state index in [9.17, 15) is 13.2 Å². The lowest BCUT2D eigenvalue weighted by Gasteiger charge is -2.26. The van der Waals surface area contributed by atoms with Crippen LogP contribution in [0.1, 0.15) is 29.9 Å². The van der Waals surface area contributed by atoms with Gasteiger partial charge in [-0.05, 0) is 31.5 Å². The van der Waals surface area contributed by atoms with Crippen molar-refractivity contribution in [3.8, 4) is 0 Å². The molecule has 0 unspecified atom stereocenters. The molecule has 0 N–H and O–H groups in total. The van der Waals surface area contributed by atoms with Crippen LogP contribution in [-0.2, 0) is 43.9 Å². The highest BCUT2D eigenvalue weighted by atomic mass is 32.2. The maximum atomic E-state index is 13.0. The molecule has 172 valence electrons. The number of hydrogen-bond donors (Lipinski definition) is 0. The third kappa shape index (κ3) is 4.85. The molecule has 1 saturated heterocycles. The molecule has 3 heterocycles. The zero-order valence-electron chi connectivity index (χ0n) is 18.1. The number of sulfonamides is 1. The van der Waals surface area contributed by atoms with Gasteiger partial charge in [0.05, 0.1) is 46.3 Å². The summed E-state index contributed by atoms with van der Waals surface area (Å²) in [6.45, 7) is 6.09. The van der Waals surface area contributed by atoms with Crippen molar-refractivity contribution in [2.24, 2.45) is 0 Å². The van der Waals surface area contributed by atoms with Crippen LogP contribution in [0.2, 0.25) is 0 Å².